The quantitative estimate of drug-likeness (QED) is 0.805. The van der Waals surface area contributed by atoms with Crippen molar-refractivity contribution in [3.63, 3.8) is 0 Å². The Morgan fingerprint density at radius 2 is 2.12 bits per heavy atom. The van der Waals surface area contributed by atoms with Crippen molar-refractivity contribution >= 4 is 0 Å². The number of nitrogens with two attached hydrogens (primary N) is 1. The molecule has 0 heterocycles. The van der Waals surface area contributed by atoms with E-state index in [9.17, 15) is 4.39 Å². The van der Waals surface area contributed by atoms with Crippen LogP contribution in [0.4, 0.5) is 4.39 Å². The molecule has 4 heteroatoms. The molecule has 0 aromatic heterocycles. The average molecular weight is 226 g/mol. The number of ether oxygens (including phenoxy) is 1. The van der Waals surface area contributed by atoms with Crippen LogP contribution in [-0.2, 0) is 0 Å². The van der Waals surface area contributed by atoms with E-state index in [1.54, 1.807) is 6.07 Å². The summed E-state index contributed by atoms with van der Waals surface area (Å²) in [5.41, 5.74) is 6.40. The fourth-order valence-electron chi connectivity index (χ4n) is 1.54. The highest BCUT2D eigenvalue weighted by Gasteiger charge is 2.11. The summed E-state index contributed by atoms with van der Waals surface area (Å²) in [4.78, 5) is 0. The summed E-state index contributed by atoms with van der Waals surface area (Å²) >= 11 is 0. The van der Waals surface area contributed by atoms with Crippen molar-refractivity contribution in [1.29, 1.82) is 0 Å². The van der Waals surface area contributed by atoms with E-state index in [-0.39, 0.29) is 23.7 Å². The zero-order valence-corrected chi connectivity index (χ0v) is 9.96. The minimum atomic E-state index is -0.339. The number of rotatable bonds is 5. The maximum atomic E-state index is 13.5. The lowest BCUT2D eigenvalue weighted by Gasteiger charge is -2.19. The van der Waals surface area contributed by atoms with Crippen molar-refractivity contribution in [2.45, 2.75) is 25.9 Å². The van der Waals surface area contributed by atoms with Gasteiger partial charge in [0.2, 0.25) is 0 Å². The molecule has 90 valence electrons. The van der Waals surface area contributed by atoms with Crippen LogP contribution < -0.4 is 15.8 Å². The van der Waals surface area contributed by atoms with Crippen LogP contribution in [0.15, 0.2) is 18.2 Å². The minimum Gasteiger partial charge on any atom is -0.494 e. The molecule has 2 unspecified atom stereocenters. The highest BCUT2D eigenvalue weighted by molar-refractivity contribution is 5.30. The fourth-order valence-corrected chi connectivity index (χ4v) is 1.54. The lowest BCUT2D eigenvalue weighted by Crippen LogP contribution is -2.35. The van der Waals surface area contributed by atoms with E-state index in [0.29, 0.717) is 6.54 Å². The van der Waals surface area contributed by atoms with Crippen molar-refractivity contribution in [2.75, 3.05) is 13.7 Å². The van der Waals surface area contributed by atoms with Gasteiger partial charge < -0.3 is 15.8 Å². The molecule has 0 radical (unpaired) electrons. The predicted octanol–water partition coefficient (Wildman–Crippen LogP) is 1.83. The van der Waals surface area contributed by atoms with E-state index >= 15 is 0 Å². The van der Waals surface area contributed by atoms with Gasteiger partial charge in [-0.1, -0.05) is 6.07 Å². The van der Waals surface area contributed by atoms with E-state index < -0.39 is 0 Å². The first-order valence-electron chi connectivity index (χ1n) is 5.38. The number of hydrogen-bond donors (Lipinski definition) is 2. The van der Waals surface area contributed by atoms with Gasteiger partial charge >= 0.3 is 0 Å². The fraction of sp³-hybridized carbons (Fsp3) is 0.500. The Bertz CT molecular complexity index is 344. The molecule has 0 spiro atoms. The maximum Gasteiger partial charge on any atom is 0.165 e. The third kappa shape index (κ3) is 3.18. The Labute approximate surface area is 95.8 Å². The molecule has 1 aromatic rings. The third-order valence-corrected chi connectivity index (χ3v) is 2.56. The number of hydrogen-bond acceptors (Lipinski definition) is 3. The van der Waals surface area contributed by atoms with E-state index in [1.165, 1.54) is 13.2 Å². The molecule has 1 aromatic carbocycles. The summed E-state index contributed by atoms with van der Waals surface area (Å²) < 4.78 is 18.3. The molecule has 3 N–H and O–H groups in total. The van der Waals surface area contributed by atoms with Crippen molar-refractivity contribution in [3.05, 3.63) is 29.6 Å². The zero-order chi connectivity index (χ0) is 12.1. The van der Waals surface area contributed by atoms with Gasteiger partial charge in [0, 0.05) is 18.6 Å². The third-order valence-electron chi connectivity index (χ3n) is 2.56. The van der Waals surface area contributed by atoms with Gasteiger partial charge in [0.1, 0.15) is 0 Å². The molecule has 0 saturated carbocycles. The van der Waals surface area contributed by atoms with Crippen LogP contribution in [0, 0.1) is 5.82 Å². The lowest BCUT2D eigenvalue weighted by atomic mass is 10.1. The summed E-state index contributed by atoms with van der Waals surface area (Å²) in [6.07, 6.45) is 0. The molecule has 0 saturated heterocycles. The van der Waals surface area contributed by atoms with Crippen LogP contribution in [0.3, 0.4) is 0 Å². The number of benzene rings is 1. The SMILES string of the molecule is COc1ccc(C(C)NC(C)CN)cc1F. The van der Waals surface area contributed by atoms with Gasteiger partial charge in [-0.25, -0.2) is 4.39 Å². The monoisotopic (exact) mass is 226 g/mol. The van der Waals surface area contributed by atoms with Crippen LogP contribution in [0.2, 0.25) is 0 Å². The first-order chi connectivity index (χ1) is 7.58. The van der Waals surface area contributed by atoms with Crippen LogP contribution in [0.1, 0.15) is 25.5 Å². The summed E-state index contributed by atoms with van der Waals surface area (Å²) in [7, 11) is 1.45. The van der Waals surface area contributed by atoms with Gasteiger partial charge in [-0.3, -0.25) is 0 Å². The first-order valence-corrected chi connectivity index (χ1v) is 5.38. The van der Waals surface area contributed by atoms with Gasteiger partial charge in [-0.2, -0.15) is 0 Å². The standard InChI is InChI=1S/C12H19FN2O/c1-8(7-14)15-9(2)10-4-5-12(16-3)11(13)6-10/h4-6,8-9,15H,7,14H2,1-3H3. The number of methoxy groups -OCH3 is 1. The van der Waals surface area contributed by atoms with E-state index in [1.807, 2.05) is 19.9 Å². The van der Waals surface area contributed by atoms with Crippen molar-refractivity contribution in [3.8, 4) is 5.75 Å². The second kappa shape index (κ2) is 5.82. The van der Waals surface area contributed by atoms with Crippen LogP contribution >= 0.6 is 0 Å². The van der Waals surface area contributed by atoms with E-state index in [0.717, 1.165) is 5.56 Å². The molecule has 0 aliphatic carbocycles. The Morgan fingerprint density at radius 3 is 2.62 bits per heavy atom. The minimum absolute atomic E-state index is 0.0685. The molecule has 0 bridgehead atoms. The van der Waals surface area contributed by atoms with Crippen molar-refractivity contribution in [1.82, 2.24) is 5.32 Å². The van der Waals surface area contributed by atoms with E-state index in [2.05, 4.69) is 5.32 Å². The molecule has 0 aliphatic heterocycles. The van der Waals surface area contributed by atoms with Crippen molar-refractivity contribution < 1.29 is 9.13 Å². The Balaban J connectivity index is 2.76. The summed E-state index contributed by atoms with van der Waals surface area (Å²) in [5, 5.41) is 3.28. The van der Waals surface area contributed by atoms with Crippen molar-refractivity contribution in [2.24, 2.45) is 5.73 Å². The molecular formula is C12H19FN2O. The topological polar surface area (TPSA) is 47.3 Å². The van der Waals surface area contributed by atoms with Crippen LogP contribution in [0.5, 0.6) is 5.75 Å². The summed E-state index contributed by atoms with van der Waals surface area (Å²) in [6.45, 7) is 4.53. The van der Waals surface area contributed by atoms with Crippen LogP contribution in [-0.4, -0.2) is 19.7 Å². The van der Waals surface area contributed by atoms with Crippen LogP contribution in [0.25, 0.3) is 0 Å². The Hall–Kier alpha value is -1.13. The molecule has 3 nitrogen and oxygen atoms in total. The average Bonchev–Trinajstić information content (AvgIpc) is 2.28. The Morgan fingerprint density at radius 1 is 1.44 bits per heavy atom. The predicted molar refractivity (Wildman–Crippen MR) is 63.0 cm³/mol. The molecule has 0 aliphatic rings. The first kappa shape index (κ1) is 12.9. The highest BCUT2D eigenvalue weighted by Crippen LogP contribution is 2.21. The van der Waals surface area contributed by atoms with Gasteiger partial charge in [-0.05, 0) is 31.5 Å². The largest absolute Gasteiger partial charge is 0.494 e. The summed E-state index contributed by atoms with van der Waals surface area (Å²) in [5.74, 6) is -0.0723. The highest BCUT2D eigenvalue weighted by atomic mass is 19.1. The smallest absolute Gasteiger partial charge is 0.165 e. The second-order valence-corrected chi connectivity index (χ2v) is 3.92. The number of halogens is 1. The summed E-state index contributed by atoms with van der Waals surface area (Å²) in [6, 6.07) is 5.25. The normalized spacial score (nSPS) is 14.6. The molecular weight excluding hydrogens is 207 g/mol. The Kier molecular flexibility index (Phi) is 4.71. The maximum absolute atomic E-state index is 13.5. The zero-order valence-electron chi connectivity index (χ0n) is 9.96. The van der Waals surface area contributed by atoms with Gasteiger partial charge in [0.15, 0.2) is 11.6 Å². The van der Waals surface area contributed by atoms with Gasteiger partial charge in [0.05, 0.1) is 7.11 Å². The molecule has 1 rings (SSSR count). The molecule has 0 fully saturated rings. The number of nitrogens with one attached hydrogen (secondary N) is 1. The molecule has 0 amide bonds. The lowest BCUT2D eigenvalue weighted by molar-refractivity contribution is 0.385. The molecule has 16 heavy (non-hydrogen) atoms. The second-order valence-electron chi connectivity index (χ2n) is 3.92. The van der Waals surface area contributed by atoms with Gasteiger partial charge in [0.25, 0.3) is 0 Å². The van der Waals surface area contributed by atoms with E-state index in [4.69, 9.17) is 10.5 Å². The van der Waals surface area contributed by atoms with Gasteiger partial charge in [-0.15, -0.1) is 0 Å². The molecule has 2 atom stereocenters.